The van der Waals surface area contributed by atoms with Gasteiger partial charge in [0.15, 0.2) is 6.61 Å². The molecule has 0 aliphatic carbocycles. The van der Waals surface area contributed by atoms with Crippen molar-refractivity contribution in [2.24, 2.45) is 0 Å². The maximum absolute atomic E-state index is 13.5. The fourth-order valence-electron chi connectivity index (χ4n) is 2.35. The molecular weight excluding hydrogens is 300 g/mol. The van der Waals surface area contributed by atoms with E-state index >= 15 is 0 Å². The lowest BCUT2D eigenvalue weighted by molar-refractivity contribution is -0.0514. The van der Waals surface area contributed by atoms with E-state index in [9.17, 15) is 8.78 Å². The second-order valence-electron chi connectivity index (χ2n) is 5.77. The van der Waals surface area contributed by atoms with E-state index in [2.05, 4.69) is 6.58 Å². The van der Waals surface area contributed by atoms with E-state index in [4.69, 9.17) is 25.6 Å². The van der Waals surface area contributed by atoms with E-state index in [0.29, 0.717) is 17.0 Å². The maximum Gasteiger partial charge on any atom is 0.564 e. The van der Waals surface area contributed by atoms with Crippen molar-refractivity contribution in [3.8, 4) is 5.75 Å². The number of ether oxygens (including phenoxy) is 1. The average molecular weight is 315 g/mol. The molecule has 3 rings (SSSR count). The highest BCUT2D eigenvalue weighted by molar-refractivity contribution is 6.66. The van der Waals surface area contributed by atoms with Crippen LogP contribution >= 0.6 is 11.6 Å². The zero-order valence-corrected chi connectivity index (χ0v) is 12.5. The molecule has 0 radical (unpaired) electrons. The lowest BCUT2D eigenvalue weighted by Gasteiger charge is -2.26. The molecule has 2 heterocycles. The third-order valence-electron chi connectivity index (χ3n) is 3.68. The van der Waals surface area contributed by atoms with Crippen molar-refractivity contribution in [2.45, 2.75) is 31.8 Å². The predicted molar refractivity (Wildman–Crippen MR) is 76.4 cm³/mol. The van der Waals surface area contributed by atoms with Gasteiger partial charge >= 0.3 is 7.12 Å². The Morgan fingerprint density at radius 2 is 2.05 bits per heavy atom. The smallest absolute Gasteiger partial charge is 0.534 e. The Balaban J connectivity index is 1.97. The summed E-state index contributed by atoms with van der Waals surface area (Å²) in [7, 11) is -0.749. The topological polar surface area (TPSA) is 27.7 Å². The highest BCUT2D eigenvalue weighted by Gasteiger charge is 2.45. The zero-order chi connectivity index (χ0) is 15.4. The van der Waals surface area contributed by atoms with Gasteiger partial charge < -0.3 is 14.0 Å². The molecule has 0 spiro atoms. The van der Waals surface area contributed by atoms with Crippen LogP contribution < -0.4 is 10.2 Å². The normalized spacial score (nSPS) is 22.5. The summed E-state index contributed by atoms with van der Waals surface area (Å²) in [6, 6.07) is 3.29. The van der Waals surface area contributed by atoms with Gasteiger partial charge in [-0.3, -0.25) is 0 Å². The number of benzene rings is 1. The summed E-state index contributed by atoms with van der Waals surface area (Å²) in [4.78, 5) is 0. The molecule has 7 heteroatoms. The Morgan fingerprint density at radius 3 is 2.67 bits per heavy atom. The summed E-state index contributed by atoms with van der Waals surface area (Å²) in [6.45, 7) is 6.80. The molecule has 3 nitrogen and oxygen atoms in total. The molecule has 1 saturated heterocycles. The van der Waals surface area contributed by atoms with Gasteiger partial charge in [-0.1, -0.05) is 24.2 Å². The largest absolute Gasteiger partial charge is 0.564 e. The van der Waals surface area contributed by atoms with Crippen molar-refractivity contribution in [1.29, 1.82) is 0 Å². The summed E-state index contributed by atoms with van der Waals surface area (Å²) in [5.74, 6) is -2.07. The summed E-state index contributed by atoms with van der Waals surface area (Å²) in [5, 5.41) is 0.197. The first-order chi connectivity index (χ1) is 9.70. The van der Waals surface area contributed by atoms with E-state index in [0.717, 1.165) is 0 Å². The minimum absolute atomic E-state index is 0.197. The molecule has 112 valence electrons. The van der Waals surface area contributed by atoms with Crippen LogP contribution in [0.15, 0.2) is 24.5 Å². The van der Waals surface area contributed by atoms with Crippen LogP contribution in [0.1, 0.15) is 19.4 Å². The maximum atomic E-state index is 13.5. The van der Waals surface area contributed by atoms with Crippen molar-refractivity contribution in [2.75, 3.05) is 6.61 Å². The highest BCUT2D eigenvalue weighted by Crippen LogP contribution is 2.37. The molecular formula is C14H14BClF2O3. The highest BCUT2D eigenvalue weighted by atomic mass is 35.5. The van der Waals surface area contributed by atoms with Gasteiger partial charge in [-0.05, 0) is 19.9 Å². The molecule has 1 fully saturated rings. The molecule has 2 aliphatic rings. The molecule has 0 amide bonds. The molecule has 0 aromatic heterocycles. The summed E-state index contributed by atoms with van der Waals surface area (Å²) < 4.78 is 43.4. The molecule has 2 aliphatic heterocycles. The van der Waals surface area contributed by atoms with Gasteiger partial charge in [0.2, 0.25) is 0 Å². The van der Waals surface area contributed by atoms with E-state index in [1.165, 1.54) is 0 Å². The van der Waals surface area contributed by atoms with Crippen molar-refractivity contribution in [3.05, 3.63) is 35.1 Å². The summed E-state index contributed by atoms with van der Waals surface area (Å²) in [6.07, 6.45) is -0.452. The molecule has 0 N–H and O–H groups in total. The van der Waals surface area contributed by atoms with Crippen LogP contribution in [-0.2, 0) is 15.7 Å². The number of rotatable bonds is 1. The Kier molecular flexibility index (Phi) is 3.22. The fourth-order valence-corrected chi connectivity index (χ4v) is 2.66. The molecule has 0 bridgehead atoms. The van der Waals surface area contributed by atoms with Gasteiger partial charge in [0.1, 0.15) is 11.4 Å². The van der Waals surface area contributed by atoms with Gasteiger partial charge in [0, 0.05) is 22.5 Å². The molecule has 0 unspecified atom stereocenters. The van der Waals surface area contributed by atoms with Crippen LogP contribution in [0.5, 0.6) is 5.75 Å². The van der Waals surface area contributed by atoms with E-state index in [1.54, 1.807) is 12.1 Å². The first-order valence-corrected chi connectivity index (χ1v) is 6.93. The molecule has 0 atom stereocenters. The van der Waals surface area contributed by atoms with E-state index in [1.807, 2.05) is 13.8 Å². The van der Waals surface area contributed by atoms with E-state index < -0.39 is 31.7 Å². The van der Waals surface area contributed by atoms with Crippen molar-refractivity contribution in [3.63, 3.8) is 0 Å². The zero-order valence-electron chi connectivity index (χ0n) is 11.7. The van der Waals surface area contributed by atoms with Crippen molar-refractivity contribution in [1.82, 2.24) is 0 Å². The molecule has 1 aromatic rings. The van der Waals surface area contributed by atoms with Crippen molar-refractivity contribution >= 4 is 24.2 Å². The number of hydrogen-bond acceptors (Lipinski definition) is 3. The third-order valence-corrected chi connectivity index (χ3v) is 4.13. The van der Waals surface area contributed by atoms with Crippen LogP contribution in [0, 0.1) is 0 Å². The average Bonchev–Trinajstić information content (AvgIpc) is 2.64. The third kappa shape index (κ3) is 2.51. The van der Waals surface area contributed by atoms with Crippen molar-refractivity contribution < 1.29 is 22.8 Å². The lowest BCUT2D eigenvalue weighted by atomic mass is 9.77. The van der Waals surface area contributed by atoms with Gasteiger partial charge in [0.05, 0.1) is 5.76 Å². The first kappa shape index (κ1) is 14.7. The Labute approximate surface area is 127 Å². The minimum Gasteiger partial charge on any atom is -0.534 e. The SMILES string of the molecule is C=C1OB(c2ccc3c(c2Cl)CC(F)(F)CO3)OC1(C)C. The predicted octanol–water partition coefficient (Wildman–Crippen LogP) is 2.94. The van der Waals surface area contributed by atoms with Gasteiger partial charge in [-0.25, -0.2) is 8.78 Å². The minimum atomic E-state index is -2.92. The number of hydrogen-bond donors (Lipinski definition) is 0. The number of fused-ring (bicyclic) bond motifs is 1. The van der Waals surface area contributed by atoms with Crippen LogP contribution in [0.25, 0.3) is 0 Å². The standard InChI is InChI=1S/C14H14BClF2O3/c1-8-13(2,3)21-15(20-8)10-4-5-11-9(12(10)16)6-14(17,18)7-19-11/h4-5H,1,6-7H2,2-3H3. The van der Waals surface area contributed by atoms with Gasteiger partial charge in [0.25, 0.3) is 5.92 Å². The van der Waals surface area contributed by atoms with Crippen LogP contribution in [0.4, 0.5) is 8.78 Å². The quantitative estimate of drug-likeness (QED) is 0.746. The fraction of sp³-hybridized carbons (Fsp3) is 0.429. The number of alkyl halides is 2. The second kappa shape index (κ2) is 4.61. The van der Waals surface area contributed by atoms with Crippen LogP contribution in [-0.4, -0.2) is 25.2 Å². The number of halogens is 3. The Morgan fingerprint density at radius 1 is 1.33 bits per heavy atom. The molecule has 0 saturated carbocycles. The monoisotopic (exact) mass is 314 g/mol. The van der Waals surface area contributed by atoms with Crippen LogP contribution in [0.2, 0.25) is 5.02 Å². The lowest BCUT2D eigenvalue weighted by Crippen LogP contribution is -2.38. The molecule has 1 aromatic carbocycles. The van der Waals surface area contributed by atoms with Gasteiger partial charge in [-0.2, -0.15) is 0 Å². The summed E-state index contributed by atoms with van der Waals surface area (Å²) in [5.41, 5.74) is 0.140. The van der Waals surface area contributed by atoms with Gasteiger partial charge in [-0.15, -0.1) is 0 Å². The first-order valence-electron chi connectivity index (χ1n) is 6.55. The Bertz CT molecular complexity index is 618. The molecule has 21 heavy (non-hydrogen) atoms. The Hall–Kier alpha value is -1.27. The summed E-state index contributed by atoms with van der Waals surface area (Å²) >= 11 is 6.27. The second-order valence-corrected chi connectivity index (χ2v) is 6.15. The van der Waals surface area contributed by atoms with Crippen LogP contribution in [0.3, 0.4) is 0 Å². The van der Waals surface area contributed by atoms with E-state index in [-0.39, 0.29) is 10.6 Å².